The van der Waals surface area contributed by atoms with Gasteiger partial charge in [0.2, 0.25) is 0 Å². The highest BCUT2D eigenvalue weighted by molar-refractivity contribution is 6.50. The van der Waals surface area contributed by atoms with Crippen LogP contribution < -0.4 is 5.32 Å². The lowest BCUT2D eigenvalue weighted by Crippen LogP contribution is -2.22. The van der Waals surface area contributed by atoms with Crippen LogP contribution >= 0.6 is 0 Å². The van der Waals surface area contributed by atoms with Crippen LogP contribution in [0.15, 0.2) is 60.9 Å². The van der Waals surface area contributed by atoms with Crippen LogP contribution in [-0.2, 0) is 22.7 Å². The number of aryl methyl sites for hydroxylation is 2. The molecule has 2 aromatic heterocycles. The Balaban J connectivity index is 1.71. The van der Waals surface area contributed by atoms with E-state index < -0.39 is 0 Å². The molecule has 1 N–H and O–H groups in total. The van der Waals surface area contributed by atoms with E-state index in [-0.39, 0.29) is 11.8 Å². The zero-order valence-corrected chi connectivity index (χ0v) is 17.2. The Morgan fingerprint density at radius 2 is 1.06 bits per heavy atom. The van der Waals surface area contributed by atoms with Crippen molar-refractivity contribution >= 4 is 44.8 Å². The van der Waals surface area contributed by atoms with Crippen LogP contribution in [0.3, 0.4) is 0 Å². The molecular weight excluding hydrogens is 386 g/mol. The zero-order valence-electron chi connectivity index (χ0n) is 17.2. The predicted molar refractivity (Wildman–Crippen MR) is 122 cm³/mol. The lowest BCUT2D eigenvalue weighted by atomic mass is 9.95. The average molecular weight is 409 g/mol. The normalized spacial score (nSPS) is 17.2. The van der Waals surface area contributed by atoms with Gasteiger partial charge in [0.15, 0.2) is 0 Å². The minimum absolute atomic E-state index is 0.313. The summed E-state index contributed by atoms with van der Waals surface area (Å²) < 4.78 is 4.47. The Morgan fingerprint density at radius 1 is 0.613 bits per heavy atom. The molecule has 0 radical (unpaired) electrons. The fraction of sp³-hybridized carbons (Fsp3) is 0.231. The Bertz CT molecular complexity index is 1300. The number of aromatic nitrogens is 2. The molecule has 0 atom stereocenters. The largest absolute Gasteiger partial charge is 0.347 e. The van der Waals surface area contributed by atoms with Crippen molar-refractivity contribution in [2.75, 3.05) is 0 Å². The first-order chi connectivity index (χ1) is 15.2. The van der Waals surface area contributed by atoms with Gasteiger partial charge in [-0.1, -0.05) is 49.2 Å². The van der Waals surface area contributed by atoms with Crippen molar-refractivity contribution in [1.29, 1.82) is 0 Å². The molecule has 0 saturated heterocycles. The quantitative estimate of drug-likeness (QED) is 0.427. The number of imide groups is 1. The van der Waals surface area contributed by atoms with E-state index in [1.54, 1.807) is 0 Å². The van der Waals surface area contributed by atoms with Crippen LogP contribution in [0.2, 0.25) is 0 Å². The summed E-state index contributed by atoms with van der Waals surface area (Å²) in [5.74, 6) is -0.626. The van der Waals surface area contributed by atoms with Crippen molar-refractivity contribution < 1.29 is 9.59 Å². The van der Waals surface area contributed by atoms with Crippen LogP contribution in [0.25, 0.3) is 33.0 Å². The summed E-state index contributed by atoms with van der Waals surface area (Å²) in [5, 5.41) is 4.59. The molecule has 4 bridgehead atoms. The van der Waals surface area contributed by atoms with E-state index in [1.807, 2.05) is 36.4 Å². The van der Waals surface area contributed by atoms with Gasteiger partial charge in [0.25, 0.3) is 11.8 Å². The molecule has 2 aliphatic rings. The first-order valence-electron chi connectivity index (χ1n) is 11.0. The second-order valence-electron chi connectivity index (χ2n) is 8.45. The fourth-order valence-electron chi connectivity index (χ4n) is 5.15. The third-order valence-corrected chi connectivity index (χ3v) is 6.60. The van der Waals surface area contributed by atoms with E-state index in [1.165, 1.54) is 12.8 Å². The van der Waals surface area contributed by atoms with Crippen LogP contribution in [-0.4, -0.2) is 20.9 Å². The second kappa shape index (κ2) is 6.98. The van der Waals surface area contributed by atoms with Gasteiger partial charge in [0, 0.05) is 58.4 Å². The van der Waals surface area contributed by atoms with Crippen molar-refractivity contribution in [1.82, 2.24) is 14.5 Å². The molecule has 0 saturated carbocycles. The number of fused-ring (bicyclic) bond motifs is 12. The van der Waals surface area contributed by atoms with Gasteiger partial charge in [-0.05, 0) is 25.0 Å². The molecule has 5 nitrogen and oxygen atoms in total. The maximum absolute atomic E-state index is 13.1. The van der Waals surface area contributed by atoms with Crippen molar-refractivity contribution in [2.24, 2.45) is 0 Å². The second-order valence-corrected chi connectivity index (χ2v) is 8.45. The lowest BCUT2D eigenvalue weighted by Gasteiger charge is -2.07. The predicted octanol–water partition coefficient (Wildman–Crippen LogP) is 4.74. The van der Waals surface area contributed by atoms with Gasteiger partial charge in [-0.2, -0.15) is 0 Å². The molecule has 0 spiro atoms. The number of carbonyl (C=O) groups excluding carboxylic acids is 2. The number of hydrogen-bond donors (Lipinski definition) is 1. The van der Waals surface area contributed by atoms with Crippen molar-refractivity contribution in [3.63, 3.8) is 0 Å². The third-order valence-electron chi connectivity index (χ3n) is 6.60. The monoisotopic (exact) mass is 409 g/mol. The summed E-state index contributed by atoms with van der Waals surface area (Å²) in [5.41, 5.74) is 4.85. The van der Waals surface area contributed by atoms with E-state index in [2.05, 4.69) is 39.0 Å². The van der Waals surface area contributed by atoms with Crippen LogP contribution in [0.1, 0.15) is 36.8 Å². The van der Waals surface area contributed by atoms with E-state index in [0.29, 0.717) is 11.1 Å². The number of nitrogens with one attached hydrogen (secondary N) is 1. The maximum Gasteiger partial charge on any atom is 0.259 e. The van der Waals surface area contributed by atoms with Crippen molar-refractivity contribution in [3.05, 3.63) is 72.1 Å². The van der Waals surface area contributed by atoms with Crippen molar-refractivity contribution in [3.8, 4) is 0 Å². The van der Waals surface area contributed by atoms with Crippen LogP contribution in [0.5, 0.6) is 0 Å². The summed E-state index contributed by atoms with van der Waals surface area (Å²) in [6.07, 6.45) is 8.63. The number of amides is 2. The van der Waals surface area contributed by atoms with Gasteiger partial charge in [-0.15, -0.1) is 0 Å². The smallest absolute Gasteiger partial charge is 0.259 e. The minimum atomic E-state index is -0.313. The molecule has 0 unspecified atom stereocenters. The summed E-state index contributed by atoms with van der Waals surface area (Å²) in [6.45, 7) is 1.82. The standard InChI is InChI=1S/C26H23N3O2/c30-25-23-19-15-28(21-11-5-3-9-17(19)21)13-7-1-2-8-14-29-16-20(24(23)26(31)27-25)18-10-4-6-12-22(18)29/h3-6,9-12,15-16H,1-2,7-8,13-14H2,(H,27,30,31). The molecule has 0 fully saturated rings. The van der Waals surface area contributed by atoms with E-state index in [0.717, 1.165) is 58.9 Å². The maximum atomic E-state index is 13.1. The number of benzene rings is 2. The van der Waals surface area contributed by atoms with Crippen molar-refractivity contribution in [2.45, 2.75) is 38.8 Å². The number of rotatable bonds is 0. The number of carbonyl (C=O) groups is 2. The van der Waals surface area contributed by atoms with Gasteiger partial charge in [-0.3, -0.25) is 14.9 Å². The Kier molecular flexibility index (Phi) is 4.10. The molecule has 5 heteroatoms. The first kappa shape index (κ1) is 18.2. The molecule has 0 aliphatic carbocycles. The Morgan fingerprint density at radius 3 is 1.55 bits per heavy atom. The van der Waals surface area contributed by atoms with E-state index in [9.17, 15) is 9.59 Å². The summed E-state index contributed by atoms with van der Waals surface area (Å²) >= 11 is 0. The SMILES string of the molecule is O=C1NC(=O)C2=C1c1cn(c3ccccc13)CCCCCCn1cc2c2ccccc21. The molecule has 2 amide bonds. The number of hydrogen-bond acceptors (Lipinski definition) is 2. The molecule has 31 heavy (non-hydrogen) atoms. The zero-order chi connectivity index (χ0) is 20.9. The lowest BCUT2D eigenvalue weighted by molar-refractivity contribution is -0.122. The summed E-state index contributed by atoms with van der Waals surface area (Å²) in [6, 6.07) is 16.3. The summed E-state index contributed by atoms with van der Waals surface area (Å²) in [7, 11) is 0. The summed E-state index contributed by atoms with van der Waals surface area (Å²) in [4.78, 5) is 26.1. The third kappa shape index (κ3) is 2.76. The topological polar surface area (TPSA) is 56.0 Å². The Labute approximate surface area is 180 Å². The molecule has 154 valence electrons. The average Bonchev–Trinajstić information content (AvgIpc) is 3.41. The number of nitrogens with zero attached hydrogens (tertiary/aromatic N) is 2. The van der Waals surface area contributed by atoms with Crippen LogP contribution in [0, 0.1) is 0 Å². The molecule has 6 rings (SSSR count). The van der Waals surface area contributed by atoms with Gasteiger partial charge >= 0.3 is 0 Å². The van der Waals surface area contributed by atoms with Gasteiger partial charge in [-0.25, -0.2) is 0 Å². The highest BCUT2D eigenvalue weighted by atomic mass is 16.2. The fourth-order valence-corrected chi connectivity index (χ4v) is 5.15. The van der Waals surface area contributed by atoms with Gasteiger partial charge in [0.05, 0.1) is 11.1 Å². The molecule has 4 heterocycles. The van der Waals surface area contributed by atoms with Gasteiger partial charge < -0.3 is 9.13 Å². The first-order valence-corrected chi connectivity index (χ1v) is 11.0. The van der Waals surface area contributed by atoms with Gasteiger partial charge in [0.1, 0.15) is 0 Å². The van der Waals surface area contributed by atoms with E-state index in [4.69, 9.17) is 0 Å². The van der Waals surface area contributed by atoms with E-state index >= 15 is 0 Å². The number of para-hydroxylation sites is 2. The highest BCUT2D eigenvalue weighted by Crippen LogP contribution is 2.39. The highest BCUT2D eigenvalue weighted by Gasteiger charge is 2.35. The Hall–Kier alpha value is -3.60. The molecular formula is C26H23N3O2. The minimum Gasteiger partial charge on any atom is -0.347 e. The molecule has 2 aliphatic heterocycles. The molecule has 4 aromatic rings. The molecule has 2 aromatic carbocycles. The van der Waals surface area contributed by atoms with Crippen LogP contribution in [0.4, 0.5) is 0 Å².